The first kappa shape index (κ1) is 37.7. The summed E-state index contributed by atoms with van der Waals surface area (Å²) in [6.45, 7) is 2.14. The number of hydrogen-bond acceptors (Lipinski definition) is 2. The summed E-state index contributed by atoms with van der Waals surface area (Å²) in [4.78, 5) is 4.87. The van der Waals surface area contributed by atoms with E-state index in [0.29, 0.717) is 0 Å². The maximum atomic E-state index is 6.44. The number of nitrogens with zero attached hydrogens (tertiary/aromatic N) is 1. The van der Waals surface area contributed by atoms with Crippen LogP contribution in [0.3, 0.4) is 0 Å². The molecule has 11 rings (SSSR count). The molecule has 0 N–H and O–H groups in total. The predicted molar refractivity (Wildman–Crippen MR) is 268 cm³/mol. The average Bonchev–Trinajstić information content (AvgIpc) is 3.73. The second-order valence-corrected chi connectivity index (χ2v) is 17.3. The van der Waals surface area contributed by atoms with E-state index >= 15 is 0 Å². The fourth-order valence-corrected chi connectivity index (χ4v) is 10.7. The fourth-order valence-electron chi connectivity index (χ4n) is 9.16. The van der Waals surface area contributed by atoms with Crippen LogP contribution in [-0.4, -0.2) is 0 Å². The lowest BCUT2D eigenvalue weighted by atomic mass is 9.85. The Hall–Kier alpha value is -7.23. The van der Waals surface area contributed by atoms with Gasteiger partial charge in [0.05, 0.1) is 5.69 Å². The molecule has 62 heavy (non-hydrogen) atoms. The number of benzene rings is 10. The third kappa shape index (κ3) is 6.66. The van der Waals surface area contributed by atoms with Crippen molar-refractivity contribution in [2.45, 2.75) is 6.92 Å². The molecule has 0 bridgehead atoms. The Morgan fingerprint density at radius 3 is 1.35 bits per heavy atom. The molecule has 3 heteroatoms. The first-order valence-electron chi connectivity index (χ1n) is 21.0. The van der Waals surface area contributed by atoms with Gasteiger partial charge in [0, 0.05) is 48.2 Å². The van der Waals surface area contributed by atoms with Crippen molar-refractivity contribution in [1.29, 1.82) is 0 Å². The smallest absolute Gasteiger partial charge is 0.0540 e. The van der Waals surface area contributed by atoms with Crippen molar-refractivity contribution >= 4 is 72.3 Å². The van der Waals surface area contributed by atoms with Gasteiger partial charge in [0.15, 0.2) is 0 Å². The fraction of sp³-hybridized carbons (Fsp3) is 0.0169. The standard InChI is InChI=1S/C59H40ClNS/c1-39-27-35-46(36-28-39)61(53-26-14-20-40-15-8-9-21-48(40)53)47-37-31-44(32-38-47)58-55(41-16-4-2-5-17-41)56(42-18-6-3-7-19-42)59(62-58)57-51-24-12-10-22-49(51)54(43-29-33-45(60)34-30-43)50-23-11-13-25-52(50)57/h2-38H,1H3. The van der Waals surface area contributed by atoms with Gasteiger partial charge in [0.2, 0.25) is 0 Å². The van der Waals surface area contributed by atoms with Crippen LogP contribution in [0, 0.1) is 6.92 Å². The molecule has 0 atom stereocenters. The Kier molecular flexibility index (Phi) is 9.73. The van der Waals surface area contributed by atoms with E-state index in [1.54, 1.807) is 0 Å². The van der Waals surface area contributed by atoms with Crippen LogP contribution in [0.5, 0.6) is 0 Å². The maximum absolute atomic E-state index is 6.44. The second-order valence-electron chi connectivity index (χ2n) is 15.8. The molecule has 0 amide bonds. The Morgan fingerprint density at radius 2 is 0.774 bits per heavy atom. The molecule has 1 nitrogen and oxygen atoms in total. The SMILES string of the molecule is Cc1ccc(N(c2ccc(-c3sc(-c4c5ccccc5c(-c5ccc(Cl)cc5)c5ccccc45)c(-c4ccccc4)c3-c3ccccc3)cc2)c2cccc3ccccc23)cc1. The molecule has 0 radical (unpaired) electrons. The van der Waals surface area contributed by atoms with E-state index in [0.717, 1.165) is 27.6 Å². The van der Waals surface area contributed by atoms with Crippen LogP contribution in [0.25, 0.3) is 86.6 Å². The molecule has 10 aromatic carbocycles. The zero-order valence-corrected chi connectivity index (χ0v) is 35.7. The molecule has 0 unspecified atom stereocenters. The maximum Gasteiger partial charge on any atom is 0.0540 e. The van der Waals surface area contributed by atoms with Crippen LogP contribution in [0.1, 0.15) is 5.56 Å². The molecule has 1 heterocycles. The first-order valence-corrected chi connectivity index (χ1v) is 22.2. The van der Waals surface area contributed by atoms with Crippen LogP contribution in [0.15, 0.2) is 224 Å². The van der Waals surface area contributed by atoms with E-state index in [4.69, 9.17) is 11.6 Å². The number of anilines is 3. The summed E-state index contributed by atoms with van der Waals surface area (Å²) in [5.74, 6) is 0. The molecule has 0 aliphatic rings. The van der Waals surface area contributed by atoms with Gasteiger partial charge in [-0.1, -0.05) is 199 Å². The highest BCUT2D eigenvalue weighted by Crippen LogP contribution is 2.56. The van der Waals surface area contributed by atoms with Crippen molar-refractivity contribution in [2.75, 3.05) is 4.90 Å². The minimum Gasteiger partial charge on any atom is -0.310 e. The van der Waals surface area contributed by atoms with Crippen LogP contribution in [-0.2, 0) is 0 Å². The largest absolute Gasteiger partial charge is 0.310 e. The summed E-state index contributed by atoms with van der Waals surface area (Å²) < 4.78 is 0. The highest BCUT2D eigenvalue weighted by molar-refractivity contribution is 7.20. The van der Waals surface area contributed by atoms with Crippen molar-refractivity contribution < 1.29 is 0 Å². The zero-order valence-electron chi connectivity index (χ0n) is 34.1. The van der Waals surface area contributed by atoms with Gasteiger partial charge in [-0.2, -0.15) is 0 Å². The highest BCUT2D eigenvalue weighted by Gasteiger charge is 2.27. The van der Waals surface area contributed by atoms with Crippen LogP contribution in [0.2, 0.25) is 5.02 Å². The summed E-state index contributed by atoms with van der Waals surface area (Å²) in [5.41, 5.74) is 14.3. The van der Waals surface area contributed by atoms with Crippen molar-refractivity contribution in [3.63, 3.8) is 0 Å². The van der Waals surface area contributed by atoms with Crippen LogP contribution >= 0.6 is 22.9 Å². The van der Waals surface area contributed by atoms with Gasteiger partial charge in [0.1, 0.15) is 0 Å². The molecule has 294 valence electrons. The molecule has 0 aliphatic carbocycles. The minimum atomic E-state index is 0.732. The van der Waals surface area contributed by atoms with E-state index in [1.807, 2.05) is 23.5 Å². The predicted octanol–water partition coefficient (Wildman–Crippen LogP) is 18.0. The number of rotatable bonds is 8. The summed E-state index contributed by atoms with van der Waals surface area (Å²) in [7, 11) is 0. The molecule has 0 fully saturated rings. The normalized spacial score (nSPS) is 11.4. The number of halogens is 1. The van der Waals surface area contributed by atoms with E-state index in [9.17, 15) is 0 Å². The van der Waals surface area contributed by atoms with Crippen molar-refractivity contribution in [1.82, 2.24) is 0 Å². The van der Waals surface area contributed by atoms with Crippen LogP contribution < -0.4 is 4.90 Å². The van der Waals surface area contributed by atoms with Gasteiger partial charge in [-0.05, 0) is 104 Å². The lowest BCUT2D eigenvalue weighted by Gasteiger charge is -2.27. The van der Waals surface area contributed by atoms with Gasteiger partial charge < -0.3 is 4.90 Å². The molecule has 0 spiro atoms. The topological polar surface area (TPSA) is 3.24 Å². The highest BCUT2D eigenvalue weighted by atomic mass is 35.5. The Balaban J connectivity index is 1.18. The van der Waals surface area contributed by atoms with Gasteiger partial charge in [-0.15, -0.1) is 11.3 Å². The van der Waals surface area contributed by atoms with E-state index in [2.05, 4.69) is 224 Å². The van der Waals surface area contributed by atoms with Crippen molar-refractivity contribution in [3.05, 3.63) is 235 Å². The van der Waals surface area contributed by atoms with Crippen molar-refractivity contribution in [3.8, 4) is 54.3 Å². The average molecular weight is 830 g/mol. The number of thiophene rings is 1. The third-order valence-corrected chi connectivity index (χ3v) is 13.5. The van der Waals surface area contributed by atoms with Crippen LogP contribution in [0.4, 0.5) is 17.1 Å². The van der Waals surface area contributed by atoms with Gasteiger partial charge >= 0.3 is 0 Å². The summed E-state index contributed by atoms with van der Waals surface area (Å²) >= 11 is 8.33. The van der Waals surface area contributed by atoms with Crippen molar-refractivity contribution in [2.24, 2.45) is 0 Å². The molecular weight excluding hydrogens is 790 g/mol. The number of aryl methyl sites for hydroxylation is 1. The summed E-state index contributed by atoms with van der Waals surface area (Å²) in [5, 5.41) is 8.03. The number of fused-ring (bicyclic) bond motifs is 3. The second kappa shape index (κ2) is 16.0. The Morgan fingerprint density at radius 1 is 0.339 bits per heavy atom. The Bertz CT molecular complexity index is 3330. The van der Waals surface area contributed by atoms with Gasteiger partial charge in [-0.25, -0.2) is 0 Å². The van der Waals surface area contributed by atoms with E-state index < -0.39 is 0 Å². The third-order valence-electron chi connectivity index (χ3n) is 12.0. The molecular formula is C59H40ClNS. The molecule has 0 saturated carbocycles. The first-order chi connectivity index (χ1) is 30.6. The van der Waals surface area contributed by atoms with Gasteiger partial charge in [0.25, 0.3) is 0 Å². The number of hydrogen-bond donors (Lipinski definition) is 0. The lowest BCUT2D eigenvalue weighted by Crippen LogP contribution is -2.10. The zero-order chi connectivity index (χ0) is 41.6. The molecule has 1 aromatic heterocycles. The summed E-state index contributed by atoms with van der Waals surface area (Å²) in [6.07, 6.45) is 0. The minimum absolute atomic E-state index is 0.732. The molecule has 11 aromatic rings. The molecule has 0 saturated heterocycles. The van der Waals surface area contributed by atoms with E-state index in [1.165, 1.54) is 86.6 Å². The lowest BCUT2D eigenvalue weighted by molar-refractivity contribution is 1.29. The Labute approximate surface area is 371 Å². The van der Waals surface area contributed by atoms with E-state index in [-0.39, 0.29) is 0 Å². The molecule has 0 aliphatic heterocycles. The van der Waals surface area contributed by atoms with Gasteiger partial charge in [-0.3, -0.25) is 0 Å². The monoisotopic (exact) mass is 829 g/mol. The quantitative estimate of drug-likeness (QED) is 0.138. The summed E-state index contributed by atoms with van der Waals surface area (Å²) in [6, 6.07) is 81.3.